The van der Waals surface area contributed by atoms with Gasteiger partial charge in [0.25, 0.3) is 0 Å². The first-order valence-corrected chi connectivity index (χ1v) is 25.4. The molecule has 0 fully saturated rings. The van der Waals surface area contributed by atoms with Crippen molar-refractivity contribution in [3.8, 4) is 39.1 Å². The van der Waals surface area contributed by atoms with Crippen LogP contribution in [-0.2, 0) is 0 Å². The molecule has 0 spiro atoms. The van der Waals surface area contributed by atoms with Crippen molar-refractivity contribution in [1.82, 2.24) is 4.57 Å². The normalized spacial score (nSPS) is 11.9. The molecule has 3 aromatic heterocycles. The molecule has 0 saturated carbocycles. The van der Waals surface area contributed by atoms with Gasteiger partial charge in [0, 0.05) is 36.6 Å². The Labute approximate surface area is 387 Å². The smallest absolute Gasteiger partial charge is 0.213 e. The van der Waals surface area contributed by atoms with Gasteiger partial charge in [-0.1, -0.05) is 194 Å². The number of thiophene rings is 1. The topological polar surface area (TPSA) is 18.1 Å². The van der Waals surface area contributed by atoms with Crippen LogP contribution in [0.25, 0.3) is 92.2 Å². The van der Waals surface area contributed by atoms with Gasteiger partial charge < -0.3 is 4.42 Å². The van der Waals surface area contributed by atoms with E-state index in [1.165, 1.54) is 79.7 Å². The zero-order valence-corrected chi connectivity index (χ0v) is 37.8. The summed E-state index contributed by atoms with van der Waals surface area (Å²) in [5, 5.41) is 11.5. The number of hydrogen-bond acceptors (Lipinski definition) is 2. The zero-order chi connectivity index (χ0) is 43.6. The zero-order valence-electron chi connectivity index (χ0n) is 35.9. The van der Waals surface area contributed by atoms with Gasteiger partial charge in [0.1, 0.15) is 5.58 Å². The summed E-state index contributed by atoms with van der Waals surface area (Å²) in [4.78, 5) is 0. The standard InChI is InChI=1S/C62H41NOSSi/c1-5-17-42(18-6-1)46-31-34-58-56(40-46)61-53-29-13-14-30-57(53)63(62(61)64-58)48-33-36-60-55(41-48)54-39-47(32-35-59(54)65-60)44-20-15-19-43(37-44)45-21-16-28-52(38-45)66(49-22-7-2-8-23-49,50-24-9-3-10-25-50)51-26-11-4-12-27-51/h1-41H/q-1. The highest BCUT2D eigenvalue weighted by molar-refractivity contribution is 7.25. The lowest BCUT2D eigenvalue weighted by molar-refractivity contribution is 0.645. The molecular formula is C62H41NOSSi-. The number of rotatable bonds is 8. The second kappa shape index (κ2) is 15.6. The van der Waals surface area contributed by atoms with Gasteiger partial charge in [0.2, 0.25) is 5.71 Å². The lowest BCUT2D eigenvalue weighted by Crippen LogP contribution is -2.74. The highest BCUT2D eigenvalue weighted by Gasteiger charge is 2.28. The molecule has 2 nitrogen and oxygen atoms in total. The fraction of sp³-hybridized carbons (Fsp3) is 0. The molecule has 0 atom stereocenters. The van der Waals surface area contributed by atoms with Crippen molar-refractivity contribution in [2.45, 2.75) is 0 Å². The van der Waals surface area contributed by atoms with E-state index in [4.69, 9.17) is 4.42 Å². The monoisotopic (exact) mass is 875 g/mol. The molecule has 4 heteroatoms. The Morgan fingerprint density at radius 1 is 0.333 bits per heavy atom. The number of furan rings is 1. The highest BCUT2D eigenvalue weighted by Crippen LogP contribution is 2.43. The lowest BCUT2D eigenvalue weighted by Gasteiger charge is -2.47. The predicted octanol–water partition coefficient (Wildman–Crippen LogP) is 14.3. The molecule has 13 rings (SSSR count). The van der Waals surface area contributed by atoms with Crippen LogP contribution in [0.15, 0.2) is 253 Å². The van der Waals surface area contributed by atoms with E-state index in [0.717, 1.165) is 33.3 Å². The van der Waals surface area contributed by atoms with Crippen LogP contribution < -0.4 is 20.7 Å². The van der Waals surface area contributed by atoms with Crippen molar-refractivity contribution in [2.24, 2.45) is 0 Å². The molecular weight excluding hydrogens is 835 g/mol. The van der Waals surface area contributed by atoms with Crippen LogP contribution in [0.1, 0.15) is 0 Å². The number of para-hydroxylation sites is 1. The van der Waals surface area contributed by atoms with E-state index in [2.05, 4.69) is 253 Å². The van der Waals surface area contributed by atoms with E-state index < -0.39 is 8.07 Å². The van der Waals surface area contributed by atoms with E-state index >= 15 is 0 Å². The fourth-order valence-electron chi connectivity index (χ4n) is 10.5. The quantitative estimate of drug-likeness (QED) is 0.110. The van der Waals surface area contributed by atoms with E-state index in [1.807, 2.05) is 11.3 Å². The Morgan fingerprint density at radius 2 is 0.818 bits per heavy atom. The van der Waals surface area contributed by atoms with Gasteiger partial charge in [-0.15, -0.1) is 11.3 Å². The van der Waals surface area contributed by atoms with Gasteiger partial charge in [-0.3, -0.25) is 4.57 Å². The van der Waals surface area contributed by atoms with Crippen molar-refractivity contribution in [3.63, 3.8) is 0 Å². The van der Waals surface area contributed by atoms with Gasteiger partial charge in [0.15, 0.2) is 0 Å². The van der Waals surface area contributed by atoms with Crippen LogP contribution in [0.4, 0.5) is 0 Å². The van der Waals surface area contributed by atoms with Crippen molar-refractivity contribution in [1.29, 1.82) is 0 Å². The molecule has 0 radical (unpaired) electrons. The minimum absolute atomic E-state index is 0.869. The van der Waals surface area contributed by atoms with Crippen molar-refractivity contribution >= 4 is 93.3 Å². The largest absolute Gasteiger partial charge is 0.439 e. The lowest BCUT2D eigenvalue weighted by atomic mass is 9.98. The Balaban J connectivity index is 0.918. The third kappa shape index (κ3) is 6.14. The first-order chi connectivity index (χ1) is 32.7. The van der Waals surface area contributed by atoms with Crippen LogP contribution in [0.5, 0.6) is 0 Å². The molecule has 3 heterocycles. The molecule has 0 aliphatic rings. The van der Waals surface area contributed by atoms with Crippen LogP contribution in [0, 0.1) is 0 Å². The highest BCUT2D eigenvalue weighted by atomic mass is 32.1. The Kier molecular flexibility index (Phi) is 9.09. The Morgan fingerprint density at radius 3 is 1.50 bits per heavy atom. The van der Waals surface area contributed by atoms with Gasteiger partial charge >= 0.3 is 0 Å². The summed E-state index contributed by atoms with van der Waals surface area (Å²) in [6, 6.07) is 91.6. The predicted molar refractivity (Wildman–Crippen MR) is 283 cm³/mol. The summed E-state index contributed by atoms with van der Waals surface area (Å²) in [6.07, 6.45) is 0. The maximum absolute atomic E-state index is 6.78. The Bertz CT molecular complexity index is 3830. The summed E-state index contributed by atoms with van der Waals surface area (Å²) < 4.78 is 11.6. The van der Waals surface area contributed by atoms with Crippen molar-refractivity contribution in [2.75, 3.05) is 0 Å². The number of benzene rings is 10. The molecule has 0 aliphatic heterocycles. The first-order valence-electron chi connectivity index (χ1n) is 22.6. The van der Waals surface area contributed by atoms with E-state index in [0.29, 0.717) is 0 Å². The molecule has 0 aliphatic carbocycles. The van der Waals surface area contributed by atoms with E-state index in [-0.39, 0.29) is 0 Å². The average Bonchev–Trinajstić information content (AvgIpc) is 4.06. The van der Waals surface area contributed by atoms with Gasteiger partial charge in [-0.05, 0) is 96.1 Å². The molecule has 0 N–H and O–H groups in total. The molecule has 311 valence electrons. The fourth-order valence-corrected chi connectivity index (χ4v) is 16.4. The summed E-state index contributed by atoms with van der Waals surface area (Å²) >= 11 is 1.85. The molecule has 10 aromatic carbocycles. The first kappa shape index (κ1) is 38.4. The van der Waals surface area contributed by atoms with Crippen molar-refractivity contribution in [3.05, 3.63) is 249 Å². The van der Waals surface area contributed by atoms with E-state index in [9.17, 15) is 0 Å². The number of fused-ring (bicyclic) bond motifs is 8. The van der Waals surface area contributed by atoms with Gasteiger partial charge in [-0.2, -0.15) is 20.7 Å². The summed E-state index contributed by atoms with van der Waals surface area (Å²) in [7, 11) is -2.68. The molecule has 0 amide bonds. The Hall–Kier alpha value is -8.02. The maximum atomic E-state index is 6.78. The maximum Gasteiger partial charge on any atom is 0.213 e. The average molecular weight is 876 g/mol. The molecule has 0 bridgehead atoms. The molecule has 0 unspecified atom stereocenters. The molecule has 66 heavy (non-hydrogen) atoms. The van der Waals surface area contributed by atoms with Gasteiger partial charge in [0.05, 0.1) is 10.9 Å². The van der Waals surface area contributed by atoms with Crippen LogP contribution in [0.3, 0.4) is 0 Å². The van der Waals surface area contributed by atoms with Crippen LogP contribution >= 0.6 is 11.3 Å². The minimum Gasteiger partial charge on any atom is -0.439 e. The summed E-state index contributed by atoms with van der Waals surface area (Å²) in [6.45, 7) is 0. The second-order valence-electron chi connectivity index (χ2n) is 17.2. The summed E-state index contributed by atoms with van der Waals surface area (Å²) in [5.74, 6) is 0. The second-order valence-corrected chi connectivity index (χ2v) is 22.1. The SMILES string of the molecule is c1ccc(-c2ccc3oc4c(c3c2)c2ccccc2n4-c2ccc3sc4ccc(-c5cccc(-c6cccc([Si-](c7ccccc7)(c7ccccc7)c7ccccc7)c6)c5)cc4c3c2)cc1. The third-order valence-electron chi connectivity index (χ3n) is 13.6. The third-order valence-corrected chi connectivity index (χ3v) is 19.5. The molecule has 0 saturated heterocycles. The number of hydrogen-bond donors (Lipinski definition) is 0. The van der Waals surface area contributed by atoms with Crippen molar-refractivity contribution < 1.29 is 4.42 Å². The minimum atomic E-state index is -2.68. The van der Waals surface area contributed by atoms with Crippen LogP contribution in [0.2, 0.25) is 0 Å². The van der Waals surface area contributed by atoms with Gasteiger partial charge in [-0.25, -0.2) is 0 Å². The number of aromatic nitrogens is 1. The van der Waals surface area contributed by atoms with E-state index in [1.54, 1.807) is 0 Å². The van der Waals surface area contributed by atoms with Crippen LogP contribution in [-0.4, -0.2) is 12.6 Å². The molecule has 13 aromatic rings. The number of nitrogens with zero attached hydrogens (tertiary/aromatic N) is 1. The summed E-state index contributed by atoms with van der Waals surface area (Å²) in [5.41, 5.74) is 11.2.